The summed E-state index contributed by atoms with van der Waals surface area (Å²) in [5.41, 5.74) is 7.03. The van der Waals surface area contributed by atoms with Crippen LogP contribution in [0.4, 0.5) is 0 Å². The first-order valence-electron chi connectivity index (χ1n) is 6.85. The average Bonchev–Trinajstić information content (AvgIpc) is 2.36. The van der Waals surface area contributed by atoms with Crippen molar-refractivity contribution in [3.05, 3.63) is 29.8 Å². The van der Waals surface area contributed by atoms with Gasteiger partial charge < -0.3 is 15.4 Å². The number of nitrogens with two attached hydrogens (primary N) is 1. The molecule has 0 fully saturated rings. The Bertz CT molecular complexity index is 318. The Labute approximate surface area is 111 Å². The minimum atomic E-state index is 0.208. The lowest BCUT2D eigenvalue weighted by atomic mass is 10.1. The molecule has 0 spiro atoms. The highest BCUT2D eigenvalue weighted by atomic mass is 16.5. The summed E-state index contributed by atoms with van der Waals surface area (Å²) in [5.74, 6) is 0.940. The van der Waals surface area contributed by atoms with Gasteiger partial charge >= 0.3 is 0 Å². The molecule has 0 aliphatic rings. The monoisotopic (exact) mass is 250 g/mol. The zero-order valence-electron chi connectivity index (χ0n) is 11.9. The van der Waals surface area contributed by atoms with E-state index in [0.717, 1.165) is 38.4 Å². The molecule has 0 saturated heterocycles. The SMILES string of the molecule is CCN(CC)CCOc1ccc(C[C@@H](C)N)cc1. The van der Waals surface area contributed by atoms with Gasteiger partial charge in [0.15, 0.2) is 0 Å². The van der Waals surface area contributed by atoms with Crippen LogP contribution in [-0.2, 0) is 6.42 Å². The summed E-state index contributed by atoms with van der Waals surface area (Å²) in [6, 6.07) is 8.45. The Kier molecular flexibility index (Phi) is 6.76. The van der Waals surface area contributed by atoms with Gasteiger partial charge in [-0.15, -0.1) is 0 Å². The Morgan fingerprint density at radius 1 is 1.17 bits per heavy atom. The first kappa shape index (κ1) is 15.0. The van der Waals surface area contributed by atoms with Crippen molar-refractivity contribution < 1.29 is 4.74 Å². The summed E-state index contributed by atoms with van der Waals surface area (Å²) in [6.45, 7) is 10.2. The van der Waals surface area contributed by atoms with Gasteiger partial charge in [0.1, 0.15) is 12.4 Å². The van der Waals surface area contributed by atoms with E-state index in [2.05, 4.69) is 30.9 Å². The van der Waals surface area contributed by atoms with Crippen molar-refractivity contribution >= 4 is 0 Å². The second-order valence-electron chi connectivity index (χ2n) is 4.70. The molecule has 18 heavy (non-hydrogen) atoms. The topological polar surface area (TPSA) is 38.5 Å². The van der Waals surface area contributed by atoms with Crippen LogP contribution in [-0.4, -0.2) is 37.2 Å². The third kappa shape index (κ3) is 5.52. The molecule has 1 rings (SSSR count). The van der Waals surface area contributed by atoms with Crippen molar-refractivity contribution in [2.24, 2.45) is 5.73 Å². The molecule has 0 unspecified atom stereocenters. The molecule has 1 atom stereocenters. The molecule has 0 aliphatic heterocycles. The van der Waals surface area contributed by atoms with Crippen molar-refractivity contribution in [2.45, 2.75) is 33.2 Å². The van der Waals surface area contributed by atoms with E-state index in [9.17, 15) is 0 Å². The maximum absolute atomic E-state index is 5.77. The predicted molar refractivity (Wildman–Crippen MR) is 77.1 cm³/mol. The number of rotatable bonds is 8. The van der Waals surface area contributed by atoms with Crippen molar-refractivity contribution in [3.63, 3.8) is 0 Å². The van der Waals surface area contributed by atoms with E-state index in [0.29, 0.717) is 0 Å². The van der Waals surface area contributed by atoms with Gasteiger partial charge in [0, 0.05) is 12.6 Å². The molecular weight excluding hydrogens is 224 g/mol. The van der Waals surface area contributed by atoms with Crippen molar-refractivity contribution in [1.29, 1.82) is 0 Å². The zero-order chi connectivity index (χ0) is 13.4. The van der Waals surface area contributed by atoms with Gasteiger partial charge in [0.25, 0.3) is 0 Å². The maximum Gasteiger partial charge on any atom is 0.119 e. The van der Waals surface area contributed by atoms with E-state index in [1.165, 1.54) is 5.56 Å². The van der Waals surface area contributed by atoms with Gasteiger partial charge in [-0.05, 0) is 44.1 Å². The molecule has 1 aromatic carbocycles. The Hall–Kier alpha value is -1.06. The number of hydrogen-bond donors (Lipinski definition) is 1. The normalized spacial score (nSPS) is 12.7. The lowest BCUT2D eigenvalue weighted by molar-refractivity contribution is 0.223. The fraction of sp³-hybridized carbons (Fsp3) is 0.600. The Morgan fingerprint density at radius 3 is 2.28 bits per heavy atom. The molecule has 1 aromatic rings. The fourth-order valence-corrected chi connectivity index (χ4v) is 1.93. The van der Waals surface area contributed by atoms with Gasteiger partial charge in [-0.2, -0.15) is 0 Å². The third-order valence-electron chi connectivity index (χ3n) is 3.05. The summed E-state index contributed by atoms with van der Waals surface area (Å²) < 4.78 is 5.73. The van der Waals surface area contributed by atoms with E-state index < -0.39 is 0 Å². The van der Waals surface area contributed by atoms with Crippen LogP contribution in [0.3, 0.4) is 0 Å². The maximum atomic E-state index is 5.77. The predicted octanol–water partition coefficient (Wildman–Crippen LogP) is 2.30. The second-order valence-corrected chi connectivity index (χ2v) is 4.70. The average molecular weight is 250 g/mol. The van der Waals surface area contributed by atoms with Crippen LogP contribution in [0.2, 0.25) is 0 Å². The highest BCUT2D eigenvalue weighted by molar-refractivity contribution is 5.27. The van der Waals surface area contributed by atoms with Crippen LogP contribution in [0.25, 0.3) is 0 Å². The molecule has 3 nitrogen and oxygen atoms in total. The molecular formula is C15H26N2O. The van der Waals surface area contributed by atoms with Crippen molar-refractivity contribution in [3.8, 4) is 5.75 Å². The number of nitrogens with zero attached hydrogens (tertiary/aromatic N) is 1. The fourth-order valence-electron chi connectivity index (χ4n) is 1.93. The van der Waals surface area contributed by atoms with Crippen LogP contribution >= 0.6 is 0 Å². The number of benzene rings is 1. The number of likely N-dealkylation sites (N-methyl/N-ethyl adjacent to an activating group) is 1. The molecule has 0 bridgehead atoms. The van der Waals surface area contributed by atoms with Crippen molar-refractivity contribution in [2.75, 3.05) is 26.2 Å². The van der Waals surface area contributed by atoms with E-state index in [1.807, 2.05) is 19.1 Å². The van der Waals surface area contributed by atoms with E-state index >= 15 is 0 Å². The van der Waals surface area contributed by atoms with Crippen LogP contribution in [0.5, 0.6) is 5.75 Å². The highest BCUT2D eigenvalue weighted by Gasteiger charge is 2.01. The molecule has 0 aliphatic carbocycles. The first-order valence-corrected chi connectivity index (χ1v) is 6.85. The summed E-state index contributed by atoms with van der Waals surface area (Å²) in [4.78, 5) is 2.35. The van der Waals surface area contributed by atoms with Gasteiger partial charge in [-0.3, -0.25) is 0 Å². The zero-order valence-corrected chi connectivity index (χ0v) is 11.9. The van der Waals surface area contributed by atoms with Crippen LogP contribution in [0, 0.1) is 0 Å². The third-order valence-corrected chi connectivity index (χ3v) is 3.05. The molecule has 102 valence electrons. The quantitative estimate of drug-likeness (QED) is 0.769. The lowest BCUT2D eigenvalue weighted by Crippen LogP contribution is -2.27. The van der Waals surface area contributed by atoms with E-state index in [-0.39, 0.29) is 6.04 Å². The Balaban J connectivity index is 2.35. The molecule has 2 N–H and O–H groups in total. The largest absolute Gasteiger partial charge is 0.492 e. The van der Waals surface area contributed by atoms with Crippen LogP contribution in [0.1, 0.15) is 26.3 Å². The molecule has 0 aromatic heterocycles. The minimum absolute atomic E-state index is 0.208. The van der Waals surface area contributed by atoms with E-state index in [4.69, 9.17) is 10.5 Å². The summed E-state index contributed by atoms with van der Waals surface area (Å²) in [5, 5.41) is 0. The lowest BCUT2D eigenvalue weighted by Gasteiger charge is -2.18. The molecule has 3 heteroatoms. The molecule has 0 heterocycles. The Morgan fingerprint density at radius 2 is 1.78 bits per heavy atom. The van der Waals surface area contributed by atoms with Gasteiger partial charge in [0.2, 0.25) is 0 Å². The molecule has 0 saturated carbocycles. The first-order chi connectivity index (χ1) is 8.65. The highest BCUT2D eigenvalue weighted by Crippen LogP contribution is 2.13. The van der Waals surface area contributed by atoms with Crippen LogP contribution in [0.15, 0.2) is 24.3 Å². The van der Waals surface area contributed by atoms with Gasteiger partial charge in [-0.25, -0.2) is 0 Å². The number of hydrogen-bond acceptors (Lipinski definition) is 3. The molecule has 0 radical (unpaired) electrons. The summed E-state index contributed by atoms with van der Waals surface area (Å²) in [6.07, 6.45) is 0.916. The van der Waals surface area contributed by atoms with Gasteiger partial charge in [-0.1, -0.05) is 26.0 Å². The van der Waals surface area contributed by atoms with Crippen LogP contribution < -0.4 is 10.5 Å². The minimum Gasteiger partial charge on any atom is -0.492 e. The van der Waals surface area contributed by atoms with Crippen molar-refractivity contribution in [1.82, 2.24) is 4.90 Å². The standard InChI is InChI=1S/C15H26N2O/c1-4-17(5-2)10-11-18-15-8-6-14(7-9-15)12-13(3)16/h6-9,13H,4-5,10-12,16H2,1-3H3/t13-/m1/s1. The summed E-state index contributed by atoms with van der Waals surface area (Å²) >= 11 is 0. The van der Waals surface area contributed by atoms with Gasteiger partial charge in [0.05, 0.1) is 0 Å². The second kappa shape index (κ2) is 8.11. The molecule has 0 amide bonds. The smallest absolute Gasteiger partial charge is 0.119 e. The van der Waals surface area contributed by atoms with E-state index in [1.54, 1.807) is 0 Å². The summed E-state index contributed by atoms with van der Waals surface area (Å²) in [7, 11) is 0. The number of ether oxygens (including phenoxy) is 1.